The number of aromatic carboxylic acids is 1. The molecule has 0 spiro atoms. The monoisotopic (exact) mass is 237 g/mol. The number of ether oxygens (including phenoxy) is 1. The Hall–Kier alpha value is -1.75. The van der Waals surface area contributed by atoms with Crippen LogP contribution in [0, 0.1) is 0 Å². The number of hydrogen-bond donors (Lipinski definition) is 3. The highest BCUT2D eigenvalue weighted by molar-refractivity contribution is 5.89. The molecule has 0 bridgehead atoms. The van der Waals surface area contributed by atoms with E-state index < -0.39 is 5.97 Å². The summed E-state index contributed by atoms with van der Waals surface area (Å²) >= 11 is 0. The Labute approximate surface area is 98.8 Å². The molecule has 17 heavy (non-hydrogen) atoms. The smallest absolute Gasteiger partial charge is 0.335 e. The minimum absolute atomic E-state index is 0.0192. The molecule has 1 saturated carbocycles. The van der Waals surface area contributed by atoms with Gasteiger partial charge in [0.25, 0.3) is 0 Å². The molecule has 2 rings (SSSR count). The molecule has 1 aromatic carbocycles. The van der Waals surface area contributed by atoms with E-state index in [4.69, 9.17) is 15.6 Å². The Morgan fingerprint density at radius 3 is 2.65 bits per heavy atom. The number of phenols is 1. The van der Waals surface area contributed by atoms with Crippen molar-refractivity contribution < 1.29 is 19.7 Å². The summed E-state index contributed by atoms with van der Waals surface area (Å²) < 4.78 is 4.96. The van der Waals surface area contributed by atoms with Crippen molar-refractivity contribution in [2.24, 2.45) is 5.73 Å². The summed E-state index contributed by atoms with van der Waals surface area (Å²) in [6, 6.07) is 2.75. The van der Waals surface area contributed by atoms with Crippen LogP contribution in [0.4, 0.5) is 0 Å². The molecule has 92 valence electrons. The van der Waals surface area contributed by atoms with Crippen LogP contribution in [0.5, 0.6) is 11.5 Å². The lowest BCUT2D eigenvalue weighted by molar-refractivity contribution is 0.0696. The summed E-state index contributed by atoms with van der Waals surface area (Å²) in [5.74, 6) is -0.898. The molecule has 1 aliphatic rings. The summed E-state index contributed by atoms with van der Waals surface area (Å²) in [6.45, 7) is 0. The van der Waals surface area contributed by atoms with Crippen molar-refractivity contribution in [1.82, 2.24) is 0 Å². The first-order valence-electron chi connectivity index (χ1n) is 5.37. The zero-order valence-corrected chi connectivity index (χ0v) is 9.56. The molecule has 5 nitrogen and oxygen atoms in total. The van der Waals surface area contributed by atoms with Crippen LogP contribution in [-0.2, 0) is 6.42 Å². The zero-order chi connectivity index (χ0) is 12.6. The van der Waals surface area contributed by atoms with Crippen molar-refractivity contribution in [2.75, 3.05) is 7.11 Å². The molecular weight excluding hydrogens is 222 g/mol. The number of rotatable bonds is 4. The summed E-state index contributed by atoms with van der Waals surface area (Å²) in [6.07, 6.45) is 2.26. The summed E-state index contributed by atoms with van der Waals surface area (Å²) in [5.41, 5.74) is 6.30. The molecule has 0 heterocycles. The van der Waals surface area contributed by atoms with Crippen LogP contribution in [0.2, 0.25) is 0 Å². The Bertz CT molecular complexity index is 466. The van der Waals surface area contributed by atoms with Crippen molar-refractivity contribution >= 4 is 5.97 Å². The van der Waals surface area contributed by atoms with Crippen molar-refractivity contribution in [1.29, 1.82) is 0 Å². The lowest BCUT2D eigenvalue weighted by Gasteiger charge is -2.13. The van der Waals surface area contributed by atoms with E-state index in [1.807, 2.05) is 0 Å². The fraction of sp³-hybridized carbons (Fsp3) is 0.417. The summed E-state index contributed by atoms with van der Waals surface area (Å²) in [7, 11) is 1.39. The quantitative estimate of drug-likeness (QED) is 0.730. The molecule has 0 radical (unpaired) electrons. The topological polar surface area (TPSA) is 92.8 Å². The molecule has 0 amide bonds. The van der Waals surface area contributed by atoms with Crippen LogP contribution in [0.15, 0.2) is 12.1 Å². The molecule has 0 saturated heterocycles. The van der Waals surface area contributed by atoms with E-state index in [0.29, 0.717) is 12.0 Å². The molecule has 0 atom stereocenters. The van der Waals surface area contributed by atoms with Gasteiger partial charge in [0, 0.05) is 11.1 Å². The maximum Gasteiger partial charge on any atom is 0.335 e. The van der Waals surface area contributed by atoms with Gasteiger partial charge in [-0.15, -0.1) is 0 Å². The molecule has 1 fully saturated rings. The number of carbonyl (C=O) groups is 1. The number of nitrogens with two attached hydrogens (primary N) is 1. The first-order chi connectivity index (χ1) is 7.95. The number of carboxylic acids is 1. The van der Waals surface area contributed by atoms with Crippen molar-refractivity contribution in [3.8, 4) is 11.5 Å². The van der Waals surface area contributed by atoms with Crippen molar-refractivity contribution in [3.05, 3.63) is 23.3 Å². The highest BCUT2D eigenvalue weighted by Gasteiger charge is 2.39. The van der Waals surface area contributed by atoms with Gasteiger partial charge in [0.2, 0.25) is 0 Å². The average molecular weight is 237 g/mol. The largest absolute Gasteiger partial charge is 0.504 e. The van der Waals surface area contributed by atoms with Crippen molar-refractivity contribution in [2.45, 2.75) is 24.8 Å². The predicted molar refractivity (Wildman–Crippen MR) is 61.5 cm³/mol. The third-order valence-corrected chi connectivity index (χ3v) is 3.06. The van der Waals surface area contributed by atoms with Crippen molar-refractivity contribution in [3.63, 3.8) is 0 Å². The van der Waals surface area contributed by atoms with Gasteiger partial charge in [0.15, 0.2) is 11.5 Å². The van der Waals surface area contributed by atoms with E-state index in [1.54, 1.807) is 0 Å². The van der Waals surface area contributed by atoms with E-state index in [0.717, 1.165) is 12.8 Å². The van der Waals surface area contributed by atoms with Crippen LogP contribution >= 0.6 is 0 Å². The third-order valence-electron chi connectivity index (χ3n) is 3.06. The van der Waals surface area contributed by atoms with Gasteiger partial charge in [-0.25, -0.2) is 4.79 Å². The van der Waals surface area contributed by atoms with Gasteiger partial charge < -0.3 is 20.7 Å². The number of benzene rings is 1. The Kier molecular flexibility index (Phi) is 2.71. The fourth-order valence-corrected chi connectivity index (χ4v) is 1.80. The first kappa shape index (κ1) is 11.7. The van der Waals surface area contributed by atoms with Gasteiger partial charge in [-0.1, -0.05) is 0 Å². The number of methoxy groups -OCH3 is 1. The van der Waals surface area contributed by atoms with Crippen LogP contribution in [-0.4, -0.2) is 28.8 Å². The van der Waals surface area contributed by atoms with Gasteiger partial charge >= 0.3 is 5.97 Å². The van der Waals surface area contributed by atoms with Gasteiger partial charge in [-0.05, 0) is 31.4 Å². The molecule has 0 unspecified atom stereocenters. The second-order valence-corrected chi connectivity index (χ2v) is 4.53. The number of aromatic hydroxyl groups is 1. The number of carboxylic acid groups (broad SMARTS) is 1. The van der Waals surface area contributed by atoms with E-state index >= 15 is 0 Å². The van der Waals surface area contributed by atoms with Crippen LogP contribution in [0.3, 0.4) is 0 Å². The minimum atomic E-state index is -1.05. The van der Waals surface area contributed by atoms with Gasteiger partial charge in [-0.3, -0.25) is 0 Å². The lowest BCUT2D eigenvalue weighted by Crippen LogP contribution is -2.24. The lowest BCUT2D eigenvalue weighted by atomic mass is 10.0. The first-order valence-corrected chi connectivity index (χ1v) is 5.37. The Morgan fingerprint density at radius 2 is 2.18 bits per heavy atom. The molecule has 0 aromatic heterocycles. The SMILES string of the molecule is COc1cc(C(=O)O)cc(CC2(N)CC2)c1O. The zero-order valence-electron chi connectivity index (χ0n) is 9.56. The summed E-state index contributed by atoms with van der Waals surface area (Å²) in [4.78, 5) is 10.9. The summed E-state index contributed by atoms with van der Waals surface area (Å²) in [5, 5.41) is 18.9. The minimum Gasteiger partial charge on any atom is -0.504 e. The maximum atomic E-state index is 10.9. The molecule has 1 aromatic rings. The molecule has 5 heteroatoms. The van der Waals surface area contributed by atoms with Gasteiger partial charge in [0.1, 0.15) is 0 Å². The maximum absolute atomic E-state index is 10.9. The number of phenolic OH excluding ortho intramolecular Hbond substituents is 1. The third kappa shape index (κ3) is 2.34. The standard InChI is InChI=1S/C12H15NO4/c1-17-9-5-7(11(15)16)4-8(10(9)14)6-12(13)2-3-12/h4-5,14H,2-3,6,13H2,1H3,(H,15,16). The van der Waals surface area contributed by atoms with Crippen LogP contribution in [0.1, 0.15) is 28.8 Å². The average Bonchev–Trinajstić information content (AvgIpc) is 2.99. The highest BCUT2D eigenvalue weighted by Crippen LogP contribution is 2.40. The normalized spacial score (nSPS) is 16.6. The van der Waals surface area contributed by atoms with E-state index in [-0.39, 0.29) is 22.6 Å². The van der Waals surface area contributed by atoms with Crippen LogP contribution < -0.4 is 10.5 Å². The second-order valence-electron chi connectivity index (χ2n) is 4.53. The Morgan fingerprint density at radius 1 is 1.53 bits per heavy atom. The molecule has 4 N–H and O–H groups in total. The van der Waals surface area contributed by atoms with Gasteiger partial charge in [-0.2, -0.15) is 0 Å². The Balaban J connectivity index is 2.41. The predicted octanol–water partition coefficient (Wildman–Crippen LogP) is 1.13. The molecular formula is C12H15NO4. The van der Waals surface area contributed by atoms with E-state index in [9.17, 15) is 9.90 Å². The second kappa shape index (κ2) is 3.92. The number of hydrogen-bond acceptors (Lipinski definition) is 4. The van der Waals surface area contributed by atoms with Crippen LogP contribution in [0.25, 0.3) is 0 Å². The highest BCUT2D eigenvalue weighted by atomic mass is 16.5. The molecule has 0 aliphatic heterocycles. The van der Waals surface area contributed by atoms with Gasteiger partial charge in [0.05, 0.1) is 12.7 Å². The molecule has 1 aliphatic carbocycles. The fourth-order valence-electron chi connectivity index (χ4n) is 1.80. The van der Waals surface area contributed by atoms with E-state index in [1.165, 1.54) is 19.2 Å². The van der Waals surface area contributed by atoms with E-state index in [2.05, 4.69) is 0 Å².